The van der Waals surface area contributed by atoms with Crippen LogP contribution in [0.15, 0.2) is 30.6 Å². The van der Waals surface area contributed by atoms with E-state index in [1.165, 1.54) is 0 Å². The summed E-state index contributed by atoms with van der Waals surface area (Å²) < 4.78 is 2.08. The molecular formula is C14H17N5O. The molecule has 6 nitrogen and oxygen atoms in total. The summed E-state index contributed by atoms with van der Waals surface area (Å²) in [4.78, 5) is 22.9. The van der Waals surface area contributed by atoms with Crippen molar-refractivity contribution < 1.29 is 4.79 Å². The van der Waals surface area contributed by atoms with E-state index in [0.717, 1.165) is 24.7 Å². The normalized spacial score (nSPS) is 13.9. The Morgan fingerprint density at radius 2 is 2.30 bits per heavy atom. The fourth-order valence-electron chi connectivity index (χ4n) is 2.34. The third-order valence-electron chi connectivity index (χ3n) is 3.36. The summed E-state index contributed by atoms with van der Waals surface area (Å²) >= 11 is 0. The highest BCUT2D eigenvalue weighted by molar-refractivity contribution is 5.92. The molecule has 0 radical (unpaired) electrons. The van der Waals surface area contributed by atoms with Gasteiger partial charge in [-0.3, -0.25) is 4.79 Å². The summed E-state index contributed by atoms with van der Waals surface area (Å²) in [5, 5.41) is 3.12. The Labute approximate surface area is 117 Å². The number of rotatable bonds is 3. The molecule has 1 aliphatic rings. The van der Waals surface area contributed by atoms with Crippen LogP contribution in [0.5, 0.6) is 0 Å². The summed E-state index contributed by atoms with van der Waals surface area (Å²) in [6, 6.07) is 5.47. The van der Waals surface area contributed by atoms with Gasteiger partial charge in [0.2, 0.25) is 0 Å². The van der Waals surface area contributed by atoms with Crippen molar-refractivity contribution in [1.82, 2.24) is 19.4 Å². The van der Waals surface area contributed by atoms with Gasteiger partial charge in [0, 0.05) is 32.0 Å². The minimum absolute atomic E-state index is 0.0426. The number of nitrogens with zero attached hydrogens (tertiary/aromatic N) is 4. The molecule has 0 fully saturated rings. The first-order chi connectivity index (χ1) is 9.78. The summed E-state index contributed by atoms with van der Waals surface area (Å²) in [6.07, 6.45) is 3.72. The van der Waals surface area contributed by atoms with Crippen molar-refractivity contribution in [3.63, 3.8) is 0 Å². The molecule has 2 aromatic rings. The molecule has 0 saturated carbocycles. The Morgan fingerprint density at radius 3 is 3.15 bits per heavy atom. The van der Waals surface area contributed by atoms with E-state index in [4.69, 9.17) is 0 Å². The molecule has 0 aromatic carbocycles. The lowest BCUT2D eigenvalue weighted by atomic mass is 10.2. The van der Waals surface area contributed by atoms with Crippen LogP contribution in [-0.4, -0.2) is 38.4 Å². The fraction of sp³-hybridized carbons (Fsp3) is 0.357. The van der Waals surface area contributed by atoms with Crippen molar-refractivity contribution in [2.24, 2.45) is 0 Å². The van der Waals surface area contributed by atoms with Gasteiger partial charge in [-0.05, 0) is 19.1 Å². The van der Waals surface area contributed by atoms with Gasteiger partial charge in [-0.2, -0.15) is 0 Å². The first kappa shape index (κ1) is 12.7. The zero-order valence-electron chi connectivity index (χ0n) is 11.4. The van der Waals surface area contributed by atoms with Crippen LogP contribution < -0.4 is 5.32 Å². The monoisotopic (exact) mass is 271 g/mol. The number of imidazole rings is 1. The van der Waals surface area contributed by atoms with Gasteiger partial charge in [0.25, 0.3) is 5.91 Å². The second-order valence-electron chi connectivity index (χ2n) is 4.70. The molecule has 0 atom stereocenters. The van der Waals surface area contributed by atoms with Crippen LogP contribution in [0.3, 0.4) is 0 Å². The molecule has 6 heteroatoms. The van der Waals surface area contributed by atoms with Crippen molar-refractivity contribution in [3.8, 4) is 0 Å². The van der Waals surface area contributed by atoms with Gasteiger partial charge in [-0.1, -0.05) is 6.07 Å². The summed E-state index contributed by atoms with van der Waals surface area (Å²) in [6.45, 7) is 4.80. The van der Waals surface area contributed by atoms with E-state index in [2.05, 4.69) is 19.9 Å². The van der Waals surface area contributed by atoms with Gasteiger partial charge in [0.05, 0.1) is 6.54 Å². The molecule has 1 amide bonds. The van der Waals surface area contributed by atoms with Gasteiger partial charge >= 0.3 is 0 Å². The zero-order valence-corrected chi connectivity index (χ0v) is 11.4. The lowest BCUT2D eigenvalue weighted by Gasteiger charge is -2.27. The van der Waals surface area contributed by atoms with Gasteiger partial charge in [-0.15, -0.1) is 0 Å². The van der Waals surface area contributed by atoms with Gasteiger partial charge < -0.3 is 14.8 Å². The lowest BCUT2D eigenvalue weighted by molar-refractivity contribution is 0.0701. The van der Waals surface area contributed by atoms with Crippen LogP contribution in [0, 0.1) is 0 Å². The molecule has 0 unspecified atom stereocenters. The fourth-order valence-corrected chi connectivity index (χ4v) is 2.34. The van der Waals surface area contributed by atoms with Crippen LogP contribution in [-0.2, 0) is 13.1 Å². The molecule has 20 heavy (non-hydrogen) atoms. The number of carbonyl (C=O) groups is 1. The van der Waals surface area contributed by atoms with Crippen LogP contribution in [0.2, 0.25) is 0 Å². The van der Waals surface area contributed by atoms with E-state index in [1.807, 2.05) is 25.3 Å². The molecule has 104 valence electrons. The topological polar surface area (TPSA) is 63.1 Å². The van der Waals surface area contributed by atoms with Crippen molar-refractivity contribution in [1.29, 1.82) is 0 Å². The third-order valence-corrected chi connectivity index (χ3v) is 3.36. The highest BCUT2D eigenvalue weighted by Gasteiger charge is 2.23. The van der Waals surface area contributed by atoms with Gasteiger partial charge in [0.1, 0.15) is 17.3 Å². The van der Waals surface area contributed by atoms with Crippen LogP contribution >= 0.6 is 0 Å². The number of anilines is 1. The largest absolute Gasteiger partial charge is 0.370 e. The van der Waals surface area contributed by atoms with Crippen LogP contribution in [0.4, 0.5) is 5.82 Å². The zero-order chi connectivity index (χ0) is 13.9. The van der Waals surface area contributed by atoms with E-state index in [0.29, 0.717) is 18.8 Å². The molecule has 0 saturated heterocycles. The molecule has 3 rings (SSSR count). The van der Waals surface area contributed by atoms with E-state index in [9.17, 15) is 4.79 Å². The number of carbonyl (C=O) groups excluding carboxylic acids is 1. The maximum absolute atomic E-state index is 12.5. The second-order valence-corrected chi connectivity index (χ2v) is 4.70. The van der Waals surface area contributed by atoms with Crippen LogP contribution in [0.25, 0.3) is 0 Å². The first-order valence-electron chi connectivity index (χ1n) is 6.78. The smallest absolute Gasteiger partial charge is 0.273 e. The minimum atomic E-state index is -0.0426. The number of pyridine rings is 1. The highest BCUT2D eigenvalue weighted by atomic mass is 16.2. The average molecular weight is 271 g/mol. The van der Waals surface area contributed by atoms with Crippen molar-refractivity contribution in [2.75, 3.05) is 18.4 Å². The second kappa shape index (κ2) is 5.32. The minimum Gasteiger partial charge on any atom is -0.370 e. The van der Waals surface area contributed by atoms with Crippen molar-refractivity contribution >= 4 is 11.7 Å². The standard InChI is InChI=1S/C14H17N5O/c1-2-15-12-5-3-4-11(17-12)14(20)19-9-8-18-7-6-16-13(18)10-19/h3-7H,2,8-10H2,1H3,(H,15,17). The van der Waals surface area contributed by atoms with E-state index < -0.39 is 0 Å². The maximum atomic E-state index is 12.5. The number of hydrogen-bond acceptors (Lipinski definition) is 4. The summed E-state index contributed by atoms with van der Waals surface area (Å²) in [5.74, 6) is 1.61. The Bertz CT molecular complexity index is 622. The number of fused-ring (bicyclic) bond motifs is 1. The van der Waals surface area contributed by atoms with Crippen molar-refractivity contribution in [2.45, 2.75) is 20.0 Å². The number of amides is 1. The predicted molar refractivity (Wildman–Crippen MR) is 75.4 cm³/mol. The summed E-state index contributed by atoms with van der Waals surface area (Å²) in [7, 11) is 0. The van der Waals surface area contributed by atoms with E-state index >= 15 is 0 Å². The third kappa shape index (κ3) is 2.36. The first-order valence-corrected chi connectivity index (χ1v) is 6.78. The quantitative estimate of drug-likeness (QED) is 0.915. The van der Waals surface area contributed by atoms with Gasteiger partial charge in [0.15, 0.2) is 0 Å². The molecule has 0 bridgehead atoms. The Morgan fingerprint density at radius 1 is 1.40 bits per heavy atom. The van der Waals surface area contributed by atoms with Crippen molar-refractivity contribution in [3.05, 3.63) is 42.1 Å². The predicted octanol–water partition coefficient (Wildman–Crippen LogP) is 1.37. The molecule has 1 N–H and O–H groups in total. The van der Waals surface area contributed by atoms with Crippen LogP contribution in [0.1, 0.15) is 23.2 Å². The molecule has 2 aromatic heterocycles. The summed E-state index contributed by atoms with van der Waals surface area (Å²) in [5.41, 5.74) is 0.475. The number of hydrogen-bond donors (Lipinski definition) is 1. The molecular weight excluding hydrogens is 254 g/mol. The lowest BCUT2D eigenvalue weighted by Crippen LogP contribution is -2.38. The Hall–Kier alpha value is -2.37. The maximum Gasteiger partial charge on any atom is 0.273 e. The molecule has 0 spiro atoms. The van der Waals surface area contributed by atoms with E-state index in [-0.39, 0.29) is 5.91 Å². The highest BCUT2D eigenvalue weighted by Crippen LogP contribution is 2.14. The molecule has 3 heterocycles. The Kier molecular flexibility index (Phi) is 3.37. The average Bonchev–Trinajstić information content (AvgIpc) is 2.94. The molecule has 0 aliphatic carbocycles. The SMILES string of the molecule is CCNc1cccc(C(=O)N2CCn3ccnc3C2)n1. The van der Waals surface area contributed by atoms with Gasteiger partial charge in [-0.25, -0.2) is 9.97 Å². The Balaban J connectivity index is 1.78. The number of nitrogens with one attached hydrogen (secondary N) is 1. The molecule has 1 aliphatic heterocycles. The van der Waals surface area contributed by atoms with E-state index in [1.54, 1.807) is 17.2 Å². The number of aromatic nitrogens is 3.